The molecule has 1 saturated carbocycles. The van der Waals surface area contributed by atoms with Crippen molar-refractivity contribution in [3.05, 3.63) is 30.3 Å². The molecule has 0 bridgehead atoms. The predicted molar refractivity (Wildman–Crippen MR) is 129 cm³/mol. The summed E-state index contributed by atoms with van der Waals surface area (Å²) in [5, 5.41) is 7.28. The lowest BCUT2D eigenvalue weighted by atomic mass is 9.95. The van der Waals surface area contributed by atoms with Crippen LogP contribution in [-0.4, -0.2) is 54.4 Å². The number of hydrogen-bond donors (Lipinski definition) is 2. The van der Waals surface area contributed by atoms with Gasteiger partial charge in [-0.05, 0) is 37.8 Å². The maximum absolute atomic E-state index is 12.1. The topological polar surface area (TPSA) is 56.7 Å². The maximum Gasteiger partial charge on any atom is 0.191 e. The Kier molecular flexibility index (Phi) is 12.0. The second-order valence-electron chi connectivity index (χ2n) is 6.91. The molecular weight excluding hydrogens is 471 g/mol. The summed E-state index contributed by atoms with van der Waals surface area (Å²) in [6.45, 7) is 3.89. The largest absolute Gasteiger partial charge is 0.375 e. The number of halogens is 1. The lowest BCUT2D eigenvalue weighted by Gasteiger charge is -2.30. The Balaban J connectivity index is 0.00000364. The Hall–Kier alpha value is -0.830. The molecule has 3 atom stereocenters. The molecule has 154 valence electrons. The molecule has 7 heteroatoms. The number of guanidine groups is 1. The molecule has 0 saturated heterocycles. The summed E-state index contributed by atoms with van der Waals surface area (Å²) in [6.07, 6.45) is 5.40. The molecule has 2 N–H and O–H groups in total. The van der Waals surface area contributed by atoms with Gasteiger partial charge in [0.2, 0.25) is 0 Å². The molecule has 0 heterocycles. The van der Waals surface area contributed by atoms with Crippen molar-refractivity contribution in [3.8, 4) is 0 Å². The lowest BCUT2D eigenvalue weighted by Crippen LogP contribution is -2.47. The normalized spacial score (nSPS) is 21.1. The molecule has 0 aliphatic heterocycles. The molecule has 1 aromatic rings. The van der Waals surface area contributed by atoms with E-state index >= 15 is 0 Å². The Morgan fingerprint density at radius 1 is 1.30 bits per heavy atom. The van der Waals surface area contributed by atoms with Gasteiger partial charge < -0.3 is 15.5 Å². The summed E-state index contributed by atoms with van der Waals surface area (Å²) in [5.41, 5.74) is 1.24. The zero-order valence-electron chi connectivity index (χ0n) is 16.8. The van der Waals surface area contributed by atoms with Gasteiger partial charge in [-0.1, -0.05) is 31.5 Å². The highest BCUT2D eigenvalue weighted by Crippen LogP contribution is 2.22. The van der Waals surface area contributed by atoms with E-state index in [1.165, 1.54) is 5.69 Å². The number of benzene rings is 1. The van der Waals surface area contributed by atoms with Crippen LogP contribution in [0.5, 0.6) is 0 Å². The highest BCUT2D eigenvalue weighted by atomic mass is 127. The van der Waals surface area contributed by atoms with Crippen molar-refractivity contribution < 1.29 is 4.21 Å². The fraction of sp³-hybridized carbons (Fsp3) is 0.650. The van der Waals surface area contributed by atoms with Crippen LogP contribution < -0.4 is 15.5 Å². The third kappa shape index (κ3) is 8.37. The smallest absolute Gasteiger partial charge is 0.191 e. The number of hydrogen-bond acceptors (Lipinski definition) is 3. The quantitative estimate of drug-likeness (QED) is 0.246. The first kappa shape index (κ1) is 24.2. The van der Waals surface area contributed by atoms with E-state index in [9.17, 15) is 4.21 Å². The predicted octanol–water partition coefficient (Wildman–Crippen LogP) is 3.38. The van der Waals surface area contributed by atoms with Gasteiger partial charge in [0.1, 0.15) is 0 Å². The van der Waals surface area contributed by atoms with E-state index in [2.05, 4.69) is 51.8 Å². The van der Waals surface area contributed by atoms with Gasteiger partial charge in [0, 0.05) is 60.7 Å². The summed E-state index contributed by atoms with van der Waals surface area (Å²) in [5.74, 6) is 1.62. The minimum Gasteiger partial charge on any atom is -0.375 e. The van der Waals surface area contributed by atoms with E-state index in [-0.39, 0.29) is 24.0 Å². The van der Waals surface area contributed by atoms with E-state index < -0.39 is 10.8 Å². The molecule has 1 fully saturated rings. The SMILES string of the molecule is CCS(=O)C1CCCC(NC(=NC)NCCCN(C)c2ccccc2)C1.I. The van der Waals surface area contributed by atoms with E-state index in [1.807, 2.05) is 20.0 Å². The fourth-order valence-electron chi connectivity index (χ4n) is 3.47. The first-order valence-electron chi connectivity index (χ1n) is 9.74. The molecule has 1 aliphatic rings. The van der Waals surface area contributed by atoms with Gasteiger partial charge in [0.15, 0.2) is 5.96 Å². The first-order valence-corrected chi connectivity index (χ1v) is 11.1. The highest BCUT2D eigenvalue weighted by Gasteiger charge is 2.25. The third-order valence-electron chi connectivity index (χ3n) is 5.01. The zero-order valence-corrected chi connectivity index (χ0v) is 20.0. The summed E-state index contributed by atoms with van der Waals surface area (Å²) in [7, 11) is 3.25. The van der Waals surface area contributed by atoms with E-state index in [4.69, 9.17) is 0 Å². The fourth-order valence-corrected chi connectivity index (χ4v) is 4.82. The second-order valence-corrected chi connectivity index (χ2v) is 8.91. The summed E-state index contributed by atoms with van der Waals surface area (Å²) in [6, 6.07) is 10.8. The van der Waals surface area contributed by atoms with E-state index in [0.717, 1.165) is 56.9 Å². The van der Waals surface area contributed by atoms with Gasteiger partial charge in [-0.25, -0.2) is 0 Å². The number of nitrogens with zero attached hydrogens (tertiary/aromatic N) is 2. The van der Waals surface area contributed by atoms with Crippen LogP contribution in [-0.2, 0) is 10.8 Å². The van der Waals surface area contributed by atoms with Gasteiger partial charge in [-0.2, -0.15) is 0 Å². The number of aliphatic imine (C=N–C) groups is 1. The lowest BCUT2D eigenvalue weighted by molar-refractivity contribution is 0.413. The van der Waals surface area contributed by atoms with Gasteiger partial charge in [0.05, 0.1) is 0 Å². The molecule has 0 radical (unpaired) electrons. The average molecular weight is 506 g/mol. The average Bonchev–Trinajstić information content (AvgIpc) is 2.70. The van der Waals surface area contributed by atoms with Crippen LogP contribution in [0.25, 0.3) is 0 Å². The van der Waals surface area contributed by atoms with E-state index in [1.54, 1.807) is 0 Å². The molecule has 0 aromatic heterocycles. The van der Waals surface area contributed by atoms with Gasteiger partial charge in [-0.15, -0.1) is 24.0 Å². The molecule has 3 unspecified atom stereocenters. The van der Waals surface area contributed by atoms with E-state index in [0.29, 0.717) is 11.3 Å². The third-order valence-corrected chi connectivity index (χ3v) is 6.75. The first-order chi connectivity index (χ1) is 12.6. The Morgan fingerprint density at radius 3 is 2.70 bits per heavy atom. The van der Waals surface area contributed by atoms with Gasteiger partial charge in [-0.3, -0.25) is 9.20 Å². The molecule has 0 spiro atoms. The standard InChI is InChI=1S/C20H34N4OS.HI/c1-4-26(25)19-13-8-10-17(16-19)23-20(21-2)22-14-9-15-24(3)18-11-6-5-7-12-18;/h5-7,11-12,17,19H,4,8-10,13-16H2,1-3H3,(H2,21,22,23);1H. The number of rotatable bonds is 8. The molecule has 0 amide bonds. The molecule has 1 aliphatic carbocycles. The van der Waals surface area contributed by atoms with Gasteiger partial charge >= 0.3 is 0 Å². The zero-order chi connectivity index (χ0) is 18.8. The molecule has 27 heavy (non-hydrogen) atoms. The van der Waals surface area contributed by atoms with Crippen molar-refractivity contribution in [2.24, 2.45) is 4.99 Å². The maximum atomic E-state index is 12.1. The Morgan fingerprint density at radius 2 is 2.04 bits per heavy atom. The van der Waals surface area contributed by atoms with Crippen LogP contribution >= 0.6 is 24.0 Å². The van der Waals surface area contributed by atoms with Crippen molar-refractivity contribution >= 4 is 46.4 Å². The molecule has 1 aromatic carbocycles. The monoisotopic (exact) mass is 506 g/mol. The molecule has 2 rings (SSSR count). The van der Waals surface area contributed by atoms with Gasteiger partial charge in [0.25, 0.3) is 0 Å². The van der Waals surface area contributed by atoms with Crippen molar-refractivity contribution in [1.29, 1.82) is 0 Å². The number of anilines is 1. The highest BCUT2D eigenvalue weighted by molar-refractivity contribution is 14.0. The van der Waals surface area contributed by atoms with Crippen LogP contribution in [0.2, 0.25) is 0 Å². The van der Waals surface area contributed by atoms with Crippen molar-refractivity contribution in [2.45, 2.75) is 50.3 Å². The van der Waals surface area contributed by atoms with Crippen LogP contribution in [0.3, 0.4) is 0 Å². The van der Waals surface area contributed by atoms with Crippen molar-refractivity contribution in [2.75, 3.05) is 37.8 Å². The number of nitrogens with one attached hydrogen (secondary N) is 2. The molecular formula is C20H35IN4OS. The van der Waals surface area contributed by atoms with Crippen LogP contribution in [0.4, 0.5) is 5.69 Å². The minimum absolute atomic E-state index is 0. The Bertz CT molecular complexity index is 585. The summed E-state index contributed by atoms with van der Waals surface area (Å²) in [4.78, 5) is 6.62. The van der Waals surface area contributed by atoms with Crippen LogP contribution in [0.1, 0.15) is 39.0 Å². The Labute approximate surface area is 184 Å². The summed E-state index contributed by atoms with van der Waals surface area (Å²) < 4.78 is 12.1. The van der Waals surface area contributed by atoms with Crippen molar-refractivity contribution in [3.63, 3.8) is 0 Å². The van der Waals surface area contributed by atoms with Crippen molar-refractivity contribution in [1.82, 2.24) is 10.6 Å². The number of para-hydroxylation sites is 1. The minimum atomic E-state index is -0.687. The van der Waals surface area contributed by atoms with Crippen LogP contribution in [0.15, 0.2) is 35.3 Å². The van der Waals surface area contributed by atoms with Crippen LogP contribution in [0, 0.1) is 0 Å². The molecule has 5 nitrogen and oxygen atoms in total. The summed E-state index contributed by atoms with van der Waals surface area (Å²) >= 11 is 0. The second kappa shape index (κ2) is 13.4.